The Kier molecular flexibility index (Phi) is 4.99. The van der Waals surface area contributed by atoms with E-state index >= 15 is 0 Å². The Morgan fingerprint density at radius 2 is 2.00 bits per heavy atom. The third kappa shape index (κ3) is 3.99. The predicted molar refractivity (Wildman–Crippen MR) is 89.1 cm³/mol. The first-order chi connectivity index (χ1) is 10.6. The van der Waals surface area contributed by atoms with Crippen LogP contribution in [0.3, 0.4) is 0 Å². The van der Waals surface area contributed by atoms with Gasteiger partial charge in [0, 0.05) is 11.2 Å². The second kappa shape index (κ2) is 6.97. The number of hydrogen-bond acceptors (Lipinski definition) is 3. The zero-order valence-electron chi connectivity index (χ0n) is 12.0. The number of nitrogens with one attached hydrogen (secondary N) is 1. The van der Waals surface area contributed by atoms with Gasteiger partial charge in [0.2, 0.25) is 0 Å². The molecule has 1 heterocycles. The largest absolute Gasteiger partial charge is 0.386 e. The van der Waals surface area contributed by atoms with E-state index in [4.69, 9.17) is 23.2 Å². The normalized spacial score (nSPS) is 17.2. The highest BCUT2D eigenvalue weighted by atomic mass is 35.5. The highest BCUT2D eigenvalue weighted by molar-refractivity contribution is 6.30. The van der Waals surface area contributed by atoms with Crippen molar-refractivity contribution in [2.24, 2.45) is 5.92 Å². The fraction of sp³-hybridized carbons (Fsp3) is 0.353. The van der Waals surface area contributed by atoms with E-state index in [1.807, 2.05) is 18.2 Å². The van der Waals surface area contributed by atoms with Crippen LogP contribution in [0.25, 0.3) is 0 Å². The third-order valence-electron chi connectivity index (χ3n) is 3.90. The molecule has 0 bridgehead atoms. The SMILES string of the molecule is O[C@H](c1cccc(Cl)c1)[C@H](NCC1CC1)c1ccc(Cl)cn1. The van der Waals surface area contributed by atoms with Gasteiger partial charge < -0.3 is 10.4 Å². The number of aliphatic hydroxyl groups excluding tert-OH is 1. The van der Waals surface area contributed by atoms with Crippen molar-refractivity contribution < 1.29 is 5.11 Å². The van der Waals surface area contributed by atoms with Crippen LogP contribution in [-0.4, -0.2) is 16.6 Å². The second-order valence-electron chi connectivity index (χ2n) is 5.73. The fourth-order valence-corrected chi connectivity index (χ4v) is 2.76. The molecule has 5 heteroatoms. The molecule has 3 nitrogen and oxygen atoms in total. The van der Waals surface area contributed by atoms with Gasteiger partial charge in [-0.3, -0.25) is 4.98 Å². The summed E-state index contributed by atoms with van der Waals surface area (Å²) in [6, 6.07) is 10.7. The van der Waals surface area contributed by atoms with Crippen LogP contribution in [0, 0.1) is 5.92 Å². The van der Waals surface area contributed by atoms with Crippen molar-refractivity contribution in [1.82, 2.24) is 10.3 Å². The Labute approximate surface area is 140 Å². The molecule has 1 aromatic heterocycles. The summed E-state index contributed by atoms with van der Waals surface area (Å²) in [6.45, 7) is 0.882. The molecule has 1 aromatic carbocycles. The standard InChI is InChI=1S/C17H18Cl2N2O/c18-13-3-1-2-12(8-13)17(22)16(21-9-11-4-5-11)15-7-6-14(19)10-20-15/h1-3,6-8,10-11,16-17,21-22H,4-5,9H2/t16-,17-/m1/s1. The third-order valence-corrected chi connectivity index (χ3v) is 4.36. The van der Waals surface area contributed by atoms with Gasteiger partial charge in [0.05, 0.1) is 16.8 Å². The van der Waals surface area contributed by atoms with Crippen LogP contribution in [0.4, 0.5) is 0 Å². The summed E-state index contributed by atoms with van der Waals surface area (Å²) < 4.78 is 0. The smallest absolute Gasteiger partial charge is 0.100 e. The Morgan fingerprint density at radius 3 is 2.64 bits per heavy atom. The lowest BCUT2D eigenvalue weighted by molar-refractivity contribution is 0.126. The molecule has 0 unspecified atom stereocenters. The topological polar surface area (TPSA) is 45.1 Å². The first-order valence-corrected chi connectivity index (χ1v) is 8.17. The van der Waals surface area contributed by atoms with E-state index in [2.05, 4.69) is 10.3 Å². The average Bonchev–Trinajstić information content (AvgIpc) is 3.33. The highest BCUT2D eigenvalue weighted by Gasteiger charge is 2.27. The number of nitrogens with zero attached hydrogens (tertiary/aromatic N) is 1. The molecule has 0 spiro atoms. The van der Waals surface area contributed by atoms with Gasteiger partial charge >= 0.3 is 0 Å². The summed E-state index contributed by atoms with van der Waals surface area (Å²) in [5.41, 5.74) is 1.55. The molecule has 22 heavy (non-hydrogen) atoms. The van der Waals surface area contributed by atoms with Crippen molar-refractivity contribution in [2.45, 2.75) is 25.0 Å². The summed E-state index contributed by atoms with van der Waals surface area (Å²) in [6.07, 6.45) is 3.39. The molecule has 2 N–H and O–H groups in total. The molecular formula is C17H18Cl2N2O. The van der Waals surface area contributed by atoms with E-state index in [1.165, 1.54) is 12.8 Å². The number of halogens is 2. The van der Waals surface area contributed by atoms with E-state index in [9.17, 15) is 5.11 Å². The van der Waals surface area contributed by atoms with Gasteiger partial charge in [-0.2, -0.15) is 0 Å². The summed E-state index contributed by atoms with van der Waals surface area (Å²) in [4.78, 5) is 4.36. The lowest BCUT2D eigenvalue weighted by Crippen LogP contribution is -2.29. The molecule has 2 atom stereocenters. The Bertz CT molecular complexity index is 629. The molecule has 2 aromatic rings. The zero-order valence-corrected chi connectivity index (χ0v) is 13.6. The van der Waals surface area contributed by atoms with Gasteiger partial charge in [-0.1, -0.05) is 35.3 Å². The van der Waals surface area contributed by atoms with Crippen molar-refractivity contribution in [2.75, 3.05) is 6.54 Å². The maximum absolute atomic E-state index is 10.8. The van der Waals surface area contributed by atoms with E-state index < -0.39 is 6.10 Å². The number of benzene rings is 1. The molecule has 0 radical (unpaired) electrons. The van der Waals surface area contributed by atoms with Gasteiger partial charge in [0.1, 0.15) is 6.10 Å². The maximum Gasteiger partial charge on any atom is 0.100 e. The minimum absolute atomic E-state index is 0.281. The lowest BCUT2D eigenvalue weighted by Gasteiger charge is -2.24. The van der Waals surface area contributed by atoms with E-state index in [1.54, 1.807) is 24.4 Å². The first-order valence-electron chi connectivity index (χ1n) is 7.42. The average molecular weight is 337 g/mol. The minimum atomic E-state index is -0.717. The van der Waals surface area contributed by atoms with Crippen molar-refractivity contribution in [3.8, 4) is 0 Å². The van der Waals surface area contributed by atoms with Crippen molar-refractivity contribution in [1.29, 1.82) is 0 Å². The van der Waals surface area contributed by atoms with E-state index in [-0.39, 0.29) is 6.04 Å². The van der Waals surface area contributed by atoms with Crippen LogP contribution >= 0.6 is 23.2 Å². The molecule has 1 saturated carbocycles. The van der Waals surface area contributed by atoms with Crippen LogP contribution in [0.2, 0.25) is 10.0 Å². The molecule has 1 aliphatic carbocycles. The number of rotatable bonds is 6. The summed E-state index contributed by atoms with van der Waals surface area (Å²) in [5.74, 6) is 0.710. The summed E-state index contributed by atoms with van der Waals surface area (Å²) in [7, 11) is 0. The maximum atomic E-state index is 10.8. The molecule has 0 saturated heterocycles. The van der Waals surface area contributed by atoms with E-state index in [0.29, 0.717) is 16.0 Å². The number of aromatic nitrogens is 1. The molecule has 116 valence electrons. The van der Waals surface area contributed by atoms with Gasteiger partial charge in [0.25, 0.3) is 0 Å². The van der Waals surface area contributed by atoms with Gasteiger partial charge in [-0.25, -0.2) is 0 Å². The van der Waals surface area contributed by atoms with Crippen LogP contribution in [0.15, 0.2) is 42.6 Å². The quantitative estimate of drug-likeness (QED) is 0.832. The van der Waals surface area contributed by atoms with E-state index in [0.717, 1.165) is 17.8 Å². The molecule has 3 rings (SSSR count). The zero-order chi connectivity index (χ0) is 15.5. The van der Waals surface area contributed by atoms with Crippen LogP contribution in [0.1, 0.15) is 36.2 Å². The molecule has 0 aliphatic heterocycles. The molecule has 1 fully saturated rings. The highest BCUT2D eigenvalue weighted by Crippen LogP contribution is 2.32. The number of pyridine rings is 1. The minimum Gasteiger partial charge on any atom is -0.386 e. The summed E-state index contributed by atoms with van der Waals surface area (Å²) in [5, 5.41) is 15.4. The lowest BCUT2D eigenvalue weighted by atomic mass is 9.99. The molecule has 0 amide bonds. The Hall–Kier alpha value is -1.13. The Morgan fingerprint density at radius 1 is 1.18 bits per heavy atom. The second-order valence-corrected chi connectivity index (χ2v) is 6.60. The summed E-state index contributed by atoms with van der Waals surface area (Å²) >= 11 is 11.9. The predicted octanol–water partition coefficient (Wildman–Crippen LogP) is 4.16. The monoisotopic (exact) mass is 336 g/mol. The van der Waals surface area contributed by atoms with Crippen molar-refractivity contribution in [3.05, 3.63) is 63.9 Å². The van der Waals surface area contributed by atoms with Crippen LogP contribution in [0.5, 0.6) is 0 Å². The van der Waals surface area contributed by atoms with Crippen molar-refractivity contribution >= 4 is 23.2 Å². The fourth-order valence-electron chi connectivity index (χ4n) is 2.45. The van der Waals surface area contributed by atoms with Gasteiger partial charge in [-0.05, 0) is 55.1 Å². The first kappa shape index (κ1) is 15.8. The number of aliphatic hydroxyl groups is 1. The van der Waals surface area contributed by atoms with Crippen molar-refractivity contribution in [3.63, 3.8) is 0 Å². The van der Waals surface area contributed by atoms with Crippen LogP contribution < -0.4 is 5.32 Å². The molecular weight excluding hydrogens is 319 g/mol. The number of hydrogen-bond donors (Lipinski definition) is 2. The Balaban J connectivity index is 1.84. The van der Waals surface area contributed by atoms with Gasteiger partial charge in [0.15, 0.2) is 0 Å². The molecule has 1 aliphatic rings. The van der Waals surface area contributed by atoms with Gasteiger partial charge in [-0.15, -0.1) is 0 Å². The van der Waals surface area contributed by atoms with Crippen LogP contribution in [-0.2, 0) is 0 Å².